The fourth-order valence-electron chi connectivity index (χ4n) is 2.52. The van der Waals surface area contributed by atoms with E-state index in [-0.39, 0.29) is 5.56 Å². The van der Waals surface area contributed by atoms with Crippen LogP contribution in [0.3, 0.4) is 0 Å². The molecule has 0 aliphatic carbocycles. The summed E-state index contributed by atoms with van der Waals surface area (Å²) in [6.07, 6.45) is 5.55. The van der Waals surface area contributed by atoms with Gasteiger partial charge < -0.3 is 10.1 Å². The van der Waals surface area contributed by atoms with Gasteiger partial charge in [-0.25, -0.2) is 4.98 Å². The molecule has 0 amide bonds. The molecule has 3 heterocycles. The first kappa shape index (κ1) is 13.3. The van der Waals surface area contributed by atoms with Crippen molar-refractivity contribution < 1.29 is 4.74 Å². The Morgan fingerprint density at radius 1 is 1.40 bits per heavy atom. The molecule has 20 heavy (non-hydrogen) atoms. The molecule has 5 nitrogen and oxygen atoms in total. The minimum atomic E-state index is -0.0404. The molecular weight excluding hydrogens is 254 g/mol. The van der Waals surface area contributed by atoms with Gasteiger partial charge in [0.25, 0.3) is 5.56 Å². The van der Waals surface area contributed by atoms with Crippen molar-refractivity contribution in [3.63, 3.8) is 0 Å². The quantitative estimate of drug-likeness (QED) is 0.913. The minimum absolute atomic E-state index is 0.0404. The van der Waals surface area contributed by atoms with Crippen molar-refractivity contribution in [2.24, 2.45) is 0 Å². The van der Waals surface area contributed by atoms with Crippen LogP contribution in [0.25, 0.3) is 5.65 Å². The van der Waals surface area contributed by atoms with Gasteiger partial charge in [0.1, 0.15) is 5.65 Å². The van der Waals surface area contributed by atoms with Gasteiger partial charge in [0.2, 0.25) is 0 Å². The van der Waals surface area contributed by atoms with Crippen molar-refractivity contribution in [2.45, 2.75) is 31.9 Å². The van der Waals surface area contributed by atoms with Crippen LogP contribution in [0.2, 0.25) is 0 Å². The Morgan fingerprint density at radius 3 is 3.20 bits per heavy atom. The minimum Gasteiger partial charge on any atom is -0.377 e. The molecule has 1 N–H and O–H groups in total. The van der Waals surface area contributed by atoms with Gasteiger partial charge in [-0.15, -0.1) is 0 Å². The number of hydrogen-bond acceptors (Lipinski definition) is 4. The first-order valence-electron chi connectivity index (χ1n) is 7.12. The van der Waals surface area contributed by atoms with Crippen molar-refractivity contribution in [1.82, 2.24) is 14.7 Å². The fourth-order valence-corrected chi connectivity index (χ4v) is 2.52. The molecule has 3 rings (SSSR count). The van der Waals surface area contributed by atoms with Crippen LogP contribution in [0.15, 0.2) is 35.3 Å². The van der Waals surface area contributed by atoms with E-state index in [9.17, 15) is 4.79 Å². The molecule has 0 spiro atoms. The predicted octanol–water partition coefficient (Wildman–Crippen LogP) is 1.35. The van der Waals surface area contributed by atoms with Crippen molar-refractivity contribution in [3.8, 4) is 0 Å². The van der Waals surface area contributed by atoms with E-state index in [0.717, 1.165) is 25.3 Å². The highest BCUT2D eigenvalue weighted by Crippen LogP contribution is 2.11. The highest BCUT2D eigenvalue weighted by atomic mass is 16.5. The Hall–Kier alpha value is -1.72. The maximum absolute atomic E-state index is 11.9. The maximum atomic E-state index is 11.9. The molecule has 5 heteroatoms. The second kappa shape index (κ2) is 6.15. The van der Waals surface area contributed by atoms with Crippen LogP contribution in [-0.2, 0) is 11.3 Å². The number of nitrogens with one attached hydrogen (secondary N) is 1. The number of ether oxygens (including phenoxy) is 1. The van der Waals surface area contributed by atoms with Gasteiger partial charge in [-0.3, -0.25) is 9.20 Å². The van der Waals surface area contributed by atoms with E-state index in [1.54, 1.807) is 16.7 Å². The van der Waals surface area contributed by atoms with Gasteiger partial charge in [-0.05, 0) is 31.4 Å². The zero-order valence-electron chi connectivity index (χ0n) is 11.4. The number of aromatic nitrogens is 2. The predicted molar refractivity (Wildman–Crippen MR) is 76.8 cm³/mol. The fraction of sp³-hybridized carbons (Fsp3) is 0.467. The lowest BCUT2D eigenvalue weighted by Gasteiger charge is -2.22. The van der Waals surface area contributed by atoms with Gasteiger partial charge in [0.05, 0.1) is 11.8 Å². The summed E-state index contributed by atoms with van der Waals surface area (Å²) in [5, 5.41) is 3.33. The van der Waals surface area contributed by atoms with Crippen LogP contribution in [0.1, 0.15) is 25.0 Å². The SMILES string of the molecule is O=c1cc(CNCC2CCCCO2)nc2ccccn12. The summed E-state index contributed by atoms with van der Waals surface area (Å²) in [4.78, 5) is 16.4. The molecule has 1 aliphatic heterocycles. The Labute approximate surface area is 117 Å². The van der Waals surface area contributed by atoms with Crippen molar-refractivity contribution in [1.29, 1.82) is 0 Å². The molecule has 1 unspecified atom stereocenters. The van der Waals surface area contributed by atoms with Crippen LogP contribution in [0, 0.1) is 0 Å². The Morgan fingerprint density at radius 2 is 2.35 bits per heavy atom. The van der Waals surface area contributed by atoms with Crippen LogP contribution in [0.4, 0.5) is 0 Å². The highest BCUT2D eigenvalue weighted by molar-refractivity contribution is 5.37. The zero-order chi connectivity index (χ0) is 13.8. The van der Waals surface area contributed by atoms with E-state index < -0.39 is 0 Å². The summed E-state index contributed by atoms with van der Waals surface area (Å²) in [7, 11) is 0. The molecule has 0 aromatic carbocycles. The summed E-state index contributed by atoms with van der Waals surface area (Å²) in [6, 6.07) is 7.14. The lowest BCUT2D eigenvalue weighted by atomic mass is 10.1. The Balaban J connectivity index is 1.64. The number of hydrogen-bond donors (Lipinski definition) is 1. The maximum Gasteiger partial charge on any atom is 0.258 e. The lowest BCUT2D eigenvalue weighted by Crippen LogP contribution is -2.32. The summed E-state index contributed by atoms with van der Waals surface area (Å²) in [6.45, 7) is 2.28. The summed E-state index contributed by atoms with van der Waals surface area (Å²) in [5.74, 6) is 0. The van der Waals surface area contributed by atoms with E-state index in [2.05, 4.69) is 10.3 Å². The van der Waals surface area contributed by atoms with Crippen molar-refractivity contribution in [3.05, 3.63) is 46.5 Å². The molecule has 1 aliphatic rings. The summed E-state index contributed by atoms with van der Waals surface area (Å²) >= 11 is 0. The summed E-state index contributed by atoms with van der Waals surface area (Å²) < 4.78 is 7.21. The van der Waals surface area contributed by atoms with Gasteiger partial charge >= 0.3 is 0 Å². The monoisotopic (exact) mass is 273 g/mol. The normalized spacial score (nSPS) is 19.3. The molecule has 0 saturated carbocycles. The molecule has 1 fully saturated rings. The molecule has 2 aromatic heterocycles. The van der Waals surface area contributed by atoms with Crippen LogP contribution < -0.4 is 10.9 Å². The largest absolute Gasteiger partial charge is 0.377 e. The van der Waals surface area contributed by atoms with Gasteiger partial charge in [0.15, 0.2) is 0 Å². The van der Waals surface area contributed by atoms with Gasteiger partial charge in [0, 0.05) is 32.0 Å². The Bertz CT molecular complexity index is 632. The van der Waals surface area contributed by atoms with E-state index >= 15 is 0 Å². The van der Waals surface area contributed by atoms with Crippen LogP contribution in [-0.4, -0.2) is 28.6 Å². The Kier molecular flexibility index (Phi) is 4.08. The average Bonchev–Trinajstić information content (AvgIpc) is 2.48. The molecular formula is C15H19N3O2. The zero-order valence-corrected chi connectivity index (χ0v) is 11.4. The molecule has 106 valence electrons. The van der Waals surface area contributed by atoms with Gasteiger partial charge in [-0.1, -0.05) is 6.07 Å². The smallest absolute Gasteiger partial charge is 0.258 e. The molecule has 2 aromatic rings. The average molecular weight is 273 g/mol. The van der Waals surface area contributed by atoms with E-state index in [4.69, 9.17) is 4.74 Å². The number of rotatable bonds is 4. The van der Waals surface area contributed by atoms with Crippen LogP contribution >= 0.6 is 0 Å². The second-order valence-corrected chi connectivity index (χ2v) is 5.13. The standard InChI is InChI=1S/C15H19N3O2/c19-15-9-12(17-14-6-1-3-7-18(14)15)10-16-11-13-5-2-4-8-20-13/h1,3,6-7,9,13,16H,2,4-5,8,10-11H2. The summed E-state index contributed by atoms with van der Waals surface area (Å²) in [5.41, 5.74) is 1.42. The van der Waals surface area contributed by atoms with Crippen molar-refractivity contribution >= 4 is 5.65 Å². The lowest BCUT2D eigenvalue weighted by molar-refractivity contribution is 0.0167. The number of fused-ring (bicyclic) bond motifs is 1. The number of pyridine rings is 1. The first-order valence-corrected chi connectivity index (χ1v) is 7.12. The highest BCUT2D eigenvalue weighted by Gasteiger charge is 2.13. The molecule has 1 atom stereocenters. The van der Waals surface area contributed by atoms with Crippen molar-refractivity contribution in [2.75, 3.05) is 13.2 Å². The third-order valence-corrected chi connectivity index (χ3v) is 3.58. The molecule has 0 bridgehead atoms. The first-order chi connectivity index (χ1) is 9.83. The second-order valence-electron chi connectivity index (χ2n) is 5.13. The van der Waals surface area contributed by atoms with E-state index in [1.807, 2.05) is 18.2 Å². The number of nitrogens with zero attached hydrogens (tertiary/aromatic N) is 2. The molecule has 0 radical (unpaired) electrons. The van der Waals surface area contributed by atoms with Gasteiger partial charge in [-0.2, -0.15) is 0 Å². The third kappa shape index (κ3) is 3.05. The van der Waals surface area contributed by atoms with Crippen LogP contribution in [0.5, 0.6) is 0 Å². The van der Waals surface area contributed by atoms with E-state index in [0.29, 0.717) is 18.3 Å². The topological polar surface area (TPSA) is 55.6 Å². The third-order valence-electron chi connectivity index (χ3n) is 3.58. The van der Waals surface area contributed by atoms with E-state index in [1.165, 1.54) is 12.8 Å². The molecule has 1 saturated heterocycles.